The molecular weight excluding hydrogens is 374 g/mol. The fourth-order valence-electron chi connectivity index (χ4n) is 4.60. The number of hydrogen-bond acceptors (Lipinski definition) is 6. The van der Waals surface area contributed by atoms with Crippen molar-refractivity contribution >= 4 is 29.1 Å². The Morgan fingerprint density at radius 2 is 1.85 bits per heavy atom. The summed E-state index contributed by atoms with van der Waals surface area (Å²) in [6.07, 6.45) is 0.679. The predicted molar refractivity (Wildman–Crippen MR) is 94.4 cm³/mol. The Morgan fingerprint density at radius 1 is 1.15 bits per heavy atom. The van der Waals surface area contributed by atoms with Gasteiger partial charge in [0.1, 0.15) is 22.8 Å². The molecule has 0 bridgehead atoms. The van der Waals surface area contributed by atoms with Gasteiger partial charge in [-0.15, -0.1) is 0 Å². The number of allylic oxidation sites excluding steroid dienone is 3. The molecule has 8 heteroatoms. The average Bonchev–Trinajstić information content (AvgIpc) is 2.57. The molecule has 0 aromatic heterocycles. The fraction of sp³-hybridized carbons (Fsp3) is 0.316. The fourth-order valence-corrected chi connectivity index (χ4v) is 4.84. The lowest BCUT2D eigenvalue weighted by Gasteiger charge is -2.40. The van der Waals surface area contributed by atoms with E-state index in [4.69, 9.17) is 17.3 Å². The van der Waals surface area contributed by atoms with E-state index in [0.29, 0.717) is 23.4 Å². The topological polar surface area (TPSA) is 138 Å². The summed E-state index contributed by atoms with van der Waals surface area (Å²) in [5.74, 6) is -5.45. The summed E-state index contributed by atoms with van der Waals surface area (Å²) in [7, 11) is 0. The van der Waals surface area contributed by atoms with E-state index in [1.165, 1.54) is 12.1 Å². The van der Waals surface area contributed by atoms with Crippen LogP contribution in [-0.2, 0) is 16.0 Å². The van der Waals surface area contributed by atoms with Gasteiger partial charge in [-0.2, -0.15) is 0 Å². The SMILES string of the molecule is NC(=O)C1=C(O)CC2CC3Cc4c(Cl)ccc(O)c4C(=O)C3=C(O)C2C1=O. The molecule has 0 spiro atoms. The number of Topliss-reactive ketones (excluding diaryl/α,β-unsaturated/α-hetero) is 2. The molecule has 1 aromatic rings. The minimum absolute atomic E-state index is 0.0112. The molecule has 0 saturated heterocycles. The normalized spacial score (nSPS) is 27.2. The van der Waals surface area contributed by atoms with Crippen molar-refractivity contribution in [1.82, 2.24) is 0 Å². The zero-order valence-corrected chi connectivity index (χ0v) is 14.8. The number of rotatable bonds is 1. The summed E-state index contributed by atoms with van der Waals surface area (Å²) in [6.45, 7) is 0. The Bertz CT molecular complexity index is 992. The molecule has 0 saturated carbocycles. The van der Waals surface area contributed by atoms with Crippen LogP contribution in [0.25, 0.3) is 0 Å². The number of phenols is 1. The van der Waals surface area contributed by atoms with E-state index in [2.05, 4.69) is 0 Å². The highest BCUT2D eigenvalue weighted by Crippen LogP contribution is 2.50. The Hall–Kier alpha value is -2.80. The lowest BCUT2D eigenvalue weighted by Crippen LogP contribution is -2.43. The van der Waals surface area contributed by atoms with Crippen LogP contribution >= 0.6 is 11.6 Å². The molecule has 140 valence electrons. The number of nitrogens with two attached hydrogens (primary N) is 1. The number of carbonyl (C=O) groups is 3. The summed E-state index contributed by atoms with van der Waals surface area (Å²) < 4.78 is 0. The van der Waals surface area contributed by atoms with Crippen molar-refractivity contribution in [2.24, 2.45) is 23.5 Å². The number of aromatic hydroxyl groups is 1. The predicted octanol–water partition coefficient (Wildman–Crippen LogP) is 2.12. The zero-order valence-electron chi connectivity index (χ0n) is 14.0. The van der Waals surface area contributed by atoms with Crippen molar-refractivity contribution in [3.63, 3.8) is 0 Å². The Labute approximate surface area is 158 Å². The van der Waals surface area contributed by atoms with Crippen LogP contribution in [-0.4, -0.2) is 32.8 Å². The van der Waals surface area contributed by atoms with Gasteiger partial charge in [-0.05, 0) is 42.4 Å². The second kappa shape index (κ2) is 5.85. The first-order valence-electron chi connectivity index (χ1n) is 8.46. The highest BCUT2D eigenvalue weighted by Gasteiger charge is 2.50. The van der Waals surface area contributed by atoms with E-state index in [1.54, 1.807) is 0 Å². The molecule has 0 fully saturated rings. The molecule has 27 heavy (non-hydrogen) atoms. The summed E-state index contributed by atoms with van der Waals surface area (Å²) in [6, 6.07) is 2.81. The molecule has 3 aliphatic rings. The summed E-state index contributed by atoms with van der Waals surface area (Å²) >= 11 is 6.19. The second-order valence-electron chi connectivity index (χ2n) is 7.18. The zero-order chi connectivity index (χ0) is 19.6. The maximum atomic E-state index is 13.0. The lowest BCUT2D eigenvalue weighted by molar-refractivity contribution is -0.126. The highest BCUT2D eigenvalue weighted by molar-refractivity contribution is 6.32. The minimum Gasteiger partial charge on any atom is -0.511 e. The van der Waals surface area contributed by atoms with Gasteiger partial charge in [-0.25, -0.2) is 0 Å². The van der Waals surface area contributed by atoms with Gasteiger partial charge in [-0.3, -0.25) is 14.4 Å². The number of benzene rings is 1. The molecule has 3 atom stereocenters. The van der Waals surface area contributed by atoms with Gasteiger partial charge in [-0.1, -0.05) is 11.6 Å². The number of carbonyl (C=O) groups excluding carboxylic acids is 3. The molecule has 0 aliphatic heterocycles. The quantitative estimate of drug-likeness (QED) is 0.543. The number of primary amides is 1. The standard InChI is InChI=1S/C19H16ClNO6/c20-9-1-2-10(22)14-8(9)4-6-3-7-5-11(23)15(19(21)27)18(26)13(7)16(24)12(6)17(14)25/h1-2,6-7,13,22-24H,3-5H2,(H2,21,27). The van der Waals surface area contributed by atoms with Crippen molar-refractivity contribution in [2.45, 2.75) is 19.3 Å². The average molecular weight is 390 g/mol. The molecule has 1 amide bonds. The molecule has 3 aliphatic carbocycles. The maximum Gasteiger partial charge on any atom is 0.255 e. The summed E-state index contributed by atoms with van der Waals surface area (Å²) in [4.78, 5) is 37.2. The Kier molecular flexibility index (Phi) is 3.82. The van der Waals surface area contributed by atoms with E-state index >= 15 is 0 Å². The van der Waals surface area contributed by atoms with Crippen LogP contribution < -0.4 is 5.73 Å². The molecule has 5 N–H and O–H groups in total. The van der Waals surface area contributed by atoms with E-state index in [9.17, 15) is 29.7 Å². The van der Waals surface area contributed by atoms with Crippen LogP contribution in [0.2, 0.25) is 5.02 Å². The van der Waals surface area contributed by atoms with Crippen LogP contribution in [0.15, 0.2) is 34.8 Å². The first kappa shape index (κ1) is 17.6. The third kappa shape index (κ3) is 2.38. The van der Waals surface area contributed by atoms with E-state index < -0.39 is 46.6 Å². The van der Waals surface area contributed by atoms with Crippen molar-refractivity contribution < 1.29 is 29.7 Å². The van der Waals surface area contributed by atoms with E-state index in [0.717, 1.165) is 0 Å². The largest absolute Gasteiger partial charge is 0.511 e. The van der Waals surface area contributed by atoms with Gasteiger partial charge >= 0.3 is 0 Å². The van der Waals surface area contributed by atoms with Crippen LogP contribution in [0.5, 0.6) is 5.75 Å². The molecule has 1 aromatic carbocycles. The van der Waals surface area contributed by atoms with Crippen molar-refractivity contribution in [3.8, 4) is 5.75 Å². The van der Waals surface area contributed by atoms with Crippen LogP contribution in [0.4, 0.5) is 0 Å². The Morgan fingerprint density at radius 3 is 2.52 bits per heavy atom. The summed E-state index contributed by atoms with van der Waals surface area (Å²) in [5, 5.41) is 31.3. The van der Waals surface area contributed by atoms with Crippen LogP contribution in [0.1, 0.15) is 28.8 Å². The number of fused-ring (bicyclic) bond motifs is 3. The number of phenolic OH excluding ortho intramolecular Hbond substituents is 1. The highest BCUT2D eigenvalue weighted by atomic mass is 35.5. The number of hydrogen-bond donors (Lipinski definition) is 4. The smallest absolute Gasteiger partial charge is 0.255 e. The number of ketones is 2. The third-order valence-electron chi connectivity index (χ3n) is 5.71. The molecule has 0 heterocycles. The van der Waals surface area contributed by atoms with Gasteiger partial charge in [0, 0.05) is 17.0 Å². The molecule has 4 rings (SSSR count). The molecule has 0 radical (unpaired) electrons. The first-order valence-corrected chi connectivity index (χ1v) is 8.84. The van der Waals surface area contributed by atoms with Gasteiger partial charge < -0.3 is 21.1 Å². The van der Waals surface area contributed by atoms with Gasteiger partial charge in [0.25, 0.3) is 5.91 Å². The van der Waals surface area contributed by atoms with Gasteiger partial charge in [0.15, 0.2) is 11.6 Å². The number of aliphatic hydroxyl groups excluding tert-OH is 2. The molecule has 3 unspecified atom stereocenters. The van der Waals surface area contributed by atoms with E-state index in [1.807, 2.05) is 0 Å². The maximum absolute atomic E-state index is 13.0. The van der Waals surface area contributed by atoms with Crippen molar-refractivity contribution in [3.05, 3.63) is 50.9 Å². The van der Waals surface area contributed by atoms with Crippen molar-refractivity contribution in [1.29, 1.82) is 0 Å². The number of amides is 1. The van der Waals surface area contributed by atoms with Gasteiger partial charge in [0.05, 0.1) is 11.5 Å². The molecule has 7 nitrogen and oxygen atoms in total. The monoisotopic (exact) mass is 389 g/mol. The van der Waals surface area contributed by atoms with Crippen LogP contribution in [0, 0.1) is 17.8 Å². The lowest BCUT2D eigenvalue weighted by atomic mass is 9.62. The molecular formula is C19H16ClNO6. The number of aliphatic hydroxyl groups is 2. The minimum atomic E-state index is -1.11. The number of halogens is 1. The van der Waals surface area contributed by atoms with E-state index in [-0.39, 0.29) is 29.1 Å². The van der Waals surface area contributed by atoms with Crippen molar-refractivity contribution in [2.75, 3.05) is 0 Å². The Balaban J connectivity index is 1.86. The summed E-state index contributed by atoms with van der Waals surface area (Å²) in [5.41, 5.74) is 5.23. The van der Waals surface area contributed by atoms with Crippen LogP contribution in [0.3, 0.4) is 0 Å². The third-order valence-corrected chi connectivity index (χ3v) is 6.07. The first-order chi connectivity index (χ1) is 12.7. The van der Waals surface area contributed by atoms with Gasteiger partial charge in [0.2, 0.25) is 0 Å². The second-order valence-corrected chi connectivity index (χ2v) is 7.58.